The molecule has 0 aliphatic carbocycles. The summed E-state index contributed by atoms with van der Waals surface area (Å²) in [5.41, 5.74) is 1.29. The van der Waals surface area contributed by atoms with E-state index < -0.39 is 0 Å². The molecule has 0 bridgehead atoms. The number of rotatable bonds is 6. The quantitative estimate of drug-likeness (QED) is 0.812. The lowest BCUT2D eigenvalue weighted by Gasteiger charge is -2.32. The van der Waals surface area contributed by atoms with Crippen molar-refractivity contribution in [3.8, 4) is 0 Å². The number of piperidine rings is 1. The number of carbonyl (C=O) groups excluding carboxylic acids is 1. The number of aromatic nitrogens is 3. The number of carbonyl (C=O) groups is 1. The topological polar surface area (TPSA) is 60.2 Å². The van der Waals surface area contributed by atoms with Crippen LogP contribution in [0.1, 0.15) is 30.1 Å². The molecule has 1 aromatic heterocycles. The Bertz CT molecular complexity index is 656. The summed E-state index contributed by atoms with van der Waals surface area (Å²) >= 11 is 0. The second-order valence-electron chi connectivity index (χ2n) is 6.19. The van der Waals surface area contributed by atoms with Crippen molar-refractivity contribution in [3.05, 3.63) is 48.0 Å². The lowest BCUT2D eigenvalue weighted by Crippen LogP contribution is -2.41. The molecule has 0 saturated carbocycles. The highest BCUT2D eigenvalue weighted by atomic mass is 16.5. The summed E-state index contributed by atoms with van der Waals surface area (Å²) in [6.45, 7) is 2.46. The van der Waals surface area contributed by atoms with Gasteiger partial charge in [-0.05, 0) is 24.8 Å². The number of hydrogen-bond acceptors (Lipinski definition) is 4. The van der Waals surface area contributed by atoms with Gasteiger partial charge in [-0.25, -0.2) is 9.67 Å². The highest BCUT2D eigenvalue weighted by molar-refractivity contribution is 5.77. The molecule has 3 rings (SSSR count). The van der Waals surface area contributed by atoms with Gasteiger partial charge in [0.25, 0.3) is 0 Å². The molecule has 2 aromatic rings. The van der Waals surface area contributed by atoms with Crippen LogP contribution in [0.15, 0.2) is 36.7 Å². The van der Waals surface area contributed by atoms with E-state index >= 15 is 0 Å². The Balaban J connectivity index is 1.64. The van der Waals surface area contributed by atoms with Gasteiger partial charge in [0.15, 0.2) is 0 Å². The van der Waals surface area contributed by atoms with Crippen LogP contribution < -0.4 is 0 Å². The van der Waals surface area contributed by atoms with E-state index in [1.54, 1.807) is 13.4 Å². The molecule has 2 heterocycles. The van der Waals surface area contributed by atoms with Gasteiger partial charge in [0, 0.05) is 32.7 Å². The molecule has 128 valence electrons. The fourth-order valence-electron chi connectivity index (χ4n) is 3.27. The molecule has 0 N–H and O–H groups in total. The molecule has 1 fully saturated rings. The third-order valence-corrected chi connectivity index (χ3v) is 4.51. The van der Waals surface area contributed by atoms with Crippen LogP contribution in [-0.4, -0.2) is 52.4 Å². The second-order valence-corrected chi connectivity index (χ2v) is 6.19. The predicted octanol–water partition coefficient (Wildman–Crippen LogP) is 1.87. The maximum absolute atomic E-state index is 12.1. The molecule has 1 atom stereocenters. The summed E-state index contributed by atoms with van der Waals surface area (Å²) in [4.78, 5) is 18.4. The second kappa shape index (κ2) is 8.06. The van der Waals surface area contributed by atoms with Gasteiger partial charge in [0.1, 0.15) is 18.8 Å². The molecule has 1 aliphatic rings. The number of benzene rings is 1. The number of nitrogens with zero attached hydrogens (tertiary/aromatic N) is 4. The van der Waals surface area contributed by atoms with Crippen molar-refractivity contribution in [2.45, 2.75) is 31.7 Å². The van der Waals surface area contributed by atoms with Gasteiger partial charge >= 0.3 is 0 Å². The molecule has 1 aromatic carbocycles. The number of likely N-dealkylation sites (tertiary alicyclic amines) is 1. The van der Waals surface area contributed by atoms with E-state index in [-0.39, 0.29) is 18.4 Å². The first-order valence-electron chi connectivity index (χ1n) is 8.46. The number of methoxy groups -OCH3 is 1. The van der Waals surface area contributed by atoms with Crippen LogP contribution in [0.2, 0.25) is 0 Å². The van der Waals surface area contributed by atoms with Crippen molar-refractivity contribution in [2.24, 2.45) is 0 Å². The Morgan fingerprint density at radius 1 is 1.33 bits per heavy atom. The maximum atomic E-state index is 12.1. The zero-order valence-electron chi connectivity index (χ0n) is 14.1. The Labute approximate surface area is 142 Å². The number of hydrogen-bond donors (Lipinski definition) is 0. The molecule has 1 saturated heterocycles. The van der Waals surface area contributed by atoms with Crippen LogP contribution in [0.4, 0.5) is 0 Å². The lowest BCUT2D eigenvalue weighted by atomic mass is 9.97. The molecule has 24 heavy (non-hydrogen) atoms. The Hall–Kier alpha value is -2.21. The molecular formula is C18H24N4O2. The fourth-order valence-corrected chi connectivity index (χ4v) is 3.27. The Kier molecular flexibility index (Phi) is 5.59. The van der Waals surface area contributed by atoms with Crippen molar-refractivity contribution in [3.63, 3.8) is 0 Å². The van der Waals surface area contributed by atoms with Crippen molar-refractivity contribution >= 4 is 5.91 Å². The molecule has 0 spiro atoms. The standard InChI is InChI=1S/C18H24N4O2/c1-24-13-17(23)21-10-5-8-16(12-21)18-19-14-20-22(18)11-9-15-6-3-2-4-7-15/h2-4,6-7,14,16H,5,8-13H2,1H3/t16-/m1/s1. The molecule has 0 unspecified atom stereocenters. The number of ether oxygens (including phenoxy) is 1. The normalized spacial score (nSPS) is 17.9. The highest BCUT2D eigenvalue weighted by Crippen LogP contribution is 2.25. The number of aryl methyl sites for hydroxylation is 2. The molecular weight excluding hydrogens is 304 g/mol. The minimum Gasteiger partial charge on any atom is -0.375 e. The van der Waals surface area contributed by atoms with Gasteiger partial charge in [0.05, 0.1) is 0 Å². The summed E-state index contributed by atoms with van der Waals surface area (Å²) in [6, 6.07) is 10.4. The van der Waals surface area contributed by atoms with Gasteiger partial charge in [-0.1, -0.05) is 30.3 Å². The average Bonchev–Trinajstić information content (AvgIpc) is 3.10. The van der Waals surface area contributed by atoms with Gasteiger partial charge in [0.2, 0.25) is 5.91 Å². The van der Waals surface area contributed by atoms with Crippen LogP contribution in [0.3, 0.4) is 0 Å². The fraction of sp³-hybridized carbons (Fsp3) is 0.500. The summed E-state index contributed by atoms with van der Waals surface area (Å²) in [7, 11) is 1.56. The smallest absolute Gasteiger partial charge is 0.248 e. The third-order valence-electron chi connectivity index (χ3n) is 4.51. The minimum absolute atomic E-state index is 0.0533. The first kappa shape index (κ1) is 16.6. The minimum atomic E-state index is 0.0533. The molecule has 1 amide bonds. The summed E-state index contributed by atoms with van der Waals surface area (Å²) < 4.78 is 6.96. The Morgan fingerprint density at radius 3 is 2.96 bits per heavy atom. The highest BCUT2D eigenvalue weighted by Gasteiger charge is 2.27. The lowest BCUT2D eigenvalue weighted by molar-refractivity contribution is -0.136. The Morgan fingerprint density at radius 2 is 2.17 bits per heavy atom. The van der Waals surface area contributed by atoms with E-state index in [1.807, 2.05) is 15.6 Å². The molecule has 6 heteroatoms. The van der Waals surface area contributed by atoms with E-state index in [0.717, 1.165) is 38.2 Å². The van der Waals surface area contributed by atoms with E-state index in [9.17, 15) is 4.79 Å². The largest absolute Gasteiger partial charge is 0.375 e. The van der Waals surface area contributed by atoms with Crippen LogP contribution in [0, 0.1) is 0 Å². The van der Waals surface area contributed by atoms with E-state index in [1.165, 1.54) is 5.56 Å². The molecule has 0 radical (unpaired) electrons. The van der Waals surface area contributed by atoms with E-state index in [4.69, 9.17) is 4.74 Å². The predicted molar refractivity (Wildman–Crippen MR) is 90.6 cm³/mol. The van der Waals surface area contributed by atoms with Crippen LogP contribution in [0.5, 0.6) is 0 Å². The summed E-state index contributed by atoms with van der Waals surface area (Å²) in [5.74, 6) is 1.29. The van der Waals surface area contributed by atoms with Crippen molar-refractivity contribution in [1.29, 1.82) is 0 Å². The third kappa shape index (κ3) is 4.00. The van der Waals surface area contributed by atoms with Gasteiger partial charge in [-0.2, -0.15) is 5.10 Å². The number of amides is 1. The van der Waals surface area contributed by atoms with Gasteiger partial charge in [-0.15, -0.1) is 0 Å². The van der Waals surface area contributed by atoms with Crippen molar-refractivity contribution < 1.29 is 9.53 Å². The monoisotopic (exact) mass is 328 g/mol. The zero-order chi connectivity index (χ0) is 16.8. The van der Waals surface area contributed by atoms with Crippen molar-refractivity contribution in [2.75, 3.05) is 26.8 Å². The van der Waals surface area contributed by atoms with Crippen molar-refractivity contribution in [1.82, 2.24) is 19.7 Å². The van der Waals surface area contributed by atoms with E-state index in [2.05, 4.69) is 34.3 Å². The van der Waals surface area contributed by atoms with Gasteiger partial charge in [-0.3, -0.25) is 4.79 Å². The molecule has 6 nitrogen and oxygen atoms in total. The summed E-state index contributed by atoms with van der Waals surface area (Å²) in [5, 5.41) is 4.39. The zero-order valence-corrected chi connectivity index (χ0v) is 14.1. The van der Waals surface area contributed by atoms with Gasteiger partial charge < -0.3 is 9.64 Å². The van der Waals surface area contributed by atoms with E-state index in [0.29, 0.717) is 6.54 Å². The van der Waals surface area contributed by atoms with Crippen LogP contribution >= 0.6 is 0 Å². The average molecular weight is 328 g/mol. The maximum Gasteiger partial charge on any atom is 0.248 e. The van der Waals surface area contributed by atoms with Crippen LogP contribution in [0.25, 0.3) is 0 Å². The first-order valence-corrected chi connectivity index (χ1v) is 8.46. The SMILES string of the molecule is COCC(=O)N1CCC[C@@H](c2ncnn2CCc2ccccc2)C1. The molecule has 1 aliphatic heterocycles. The summed E-state index contributed by atoms with van der Waals surface area (Å²) in [6.07, 6.45) is 4.58. The first-order chi connectivity index (χ1) is 11.8. The van der Waals surface area contributed by atoms with Crippen LogP contribution in [-0.2, 0) is 22.5 Å².